The van der Waals surface area contributed by atoms with E-state index < -0.39 is 17.6 Å². The van der Waals surface area contributed by atoms with Crippen molar-refractivity contribution in [3.8, 4) is 5.75 Å². The van der Waals surface area contributed by atoms with Crippen LogP contribution in [0, 0.1) is 0 Å². The van der Waals surface area contributed by atoms with Gasteiger partial charge in [0.05, 0.1) is 27.2 Å². The van der Waals surface area contributed by atoms with Crippen molar-refractivity contribution in [3.05, 3.63) is 78.4 Å². The Morgan fingerprint density at radius 2 is 1.77 bits per heavy atom. The van der Waals surface area contributed by atoms with E-state index in [0.29, 0.717) is 44.5 Å². The highest BCUT2D eigenvalue weighted by atomic mass is 16.5. The predicted molar refractivity (Wildman–Crippen MR) is 162 cm³/mol. The molecule has 1 unspecified atom stereocenters. The number of amides is 3. The third-order valence-electron chi connectivity index (χ3n) is 8.44. The topological polar surface area (TPSA) is 137 Å². The number of carbonyl (C=O) groups excluding carboxylic acids is 4. The fraction of sp³-hybridized carbons (Fsp3) is 0.406. The molecule has 3 aromatic rings. The van der Waals surface area contributed by atoms with Gasteiger partial charge in [-0.1, -0.05) is 30.3 Å². The summed E-state index contributed by atoms with van der Waals surface area (Å²) in [5.41, 5.74) is 1.69. The lowest BCUT2D eigenvalue weighted by atomic mass is 9.85. The minimum Gasteiger partial charge on any atom is -0.497 e. The maximum atomic E-state index is 14.0. The number of para-hydroxylation sites is 1. The van der Waals surface area contributed by atoms with Gasteiger partial charge in [0.1, 0.15) is 23.9 Å². The summed E-state index contributed by atoms with van der Waals surface area (Å²) in [7, 11) is 2.89. The third kappa shape index (κ3) is 6.69. The lowest BCUT2D eigenvalue weighted by Gasteiger charge is -2.44. The monoisotopic (exact) mass is 602 g/mol. The summed E-state index contributed by atoms with van der Waals surface area (Å²) >= 11 is 0. The highest BCUT2D eigenvalue weighted by Gasteiger charge is 2.54. The van der Waals surface area contributed by atoms with Crippen LogP contribution < -0.4 is 15.0 Å². The molecule has 12 nitrogen and oxygen atoms in total. The van der Waals surface area contributed by atoms with Gasteiger partial charge in [0.25, 0.3) is 5.91 Å². The molecule has 2 saturated heterocycles. The minimum absolute atomic E-state index is 0.141. The Bertz CT molecular complexity index is 1440. The molecule has 232 valence electrons. The van der Waals surface area contributed by atoms with E-state index in [1.165, 1.54) is 12.0 Å². The van der Waals surface area contributed by atoms with Gasteiger partial charge in [-0.2, -0.15) is 0 Å². The fourth-order valence-electron chi connectivity index (χ4n) is 5.99. The van der Waals surface area contributed by atoms with Crippen LogP contribution in [0.5, 0.6) is 5.75 Å². The van der Waals surface area contributed by atoms with Crippen molar-refractivity contribution in [1.82, 2.24) is 25.1 Å². The summed E-state index contributed by atoms with van der Waals surface area (Å²) in [6, 6.07) is 16.2. The minimum atomic E-state index is -0.898. The van der Waals surface area contributed by atoms with Gasteiger partial charge < -0.3 is 34.5 Å². The molecule has 3 amide bonds. The van der Waals surface area contributed by atoms with E-state index in [-0.39, 0.29) is 37.4 Å². The smallest absolute Gasteiger partial charge is 0.325 e. The van der Waals surface area contributed by atoms with E-state index in [0.717, 1.165) is 16.9 Å². The molecular weight excluding hydrogens is 564 g/mol. The van der Waals surface area contributed by atoms with E-state index in [2.05, 4.69) is 15.3 Å². The van der Waals surface area contributed by atoms with Crippen LogP contribution in [0.3, 0.4) is 0 Å². The van der Waals surface area contributed by atoms with Crippen molar-refractivity contribution >= 4 is 29.4 Å². The van der Waals surface area contributed by atoms with Crippen LogP contribution in [-0.4, -0.2) is 95.6 Å². The maximum Gasteiger partial charge on any atom is 0.325 e. The lowest BCUT2D eigenvalue weighted by Crippen LogP contribution is -2.59. The van der Waals surface area contributed by atoms with Crippen LogP contribution in [0.25, 0.3) is 0 Å². The maximum absolute atomic E-state index is 14.0. The molecule has 1 atom stereocenters. The number of ether oxygens (including phenoxy) is 2. The number of carbonyl (C=O) groups is 4. The summed E-state index contributed by atoms with van der Waals surface area (Å²) in [6.07, 6.45) is 4.99. The second kappa shape index (κ2) is 13.6. The van der Waals surface area contributed by atoms with Gasteiger partial charge in [-0.15, -0.1) is 0 Å². The van der Waals surface area contributed by atoms with Crippen LogP contribution in [0.1, 0.15) is 30.5 Å². The third-order valence-corrected chi connectivity index (χ3v) is 8.44. The van der Waals surface area contributed by atoms with E-state index in [1.54, 1.807) is 24.5 Å². The number of imidazole rings is 1. The van der Waals surface area contributed by atoms with Gasteiger partial charge in [0, 0.05) is 43.5 Å². The molecule has 2 aromatic carbocycles. The summed E-state index contributed by atoms with van der Waals surface area (Å²) in [6.45, 7) is 0.752. The number of H-pyrrole nitrogens is 1. The highest BCUT2D eigenvalue weighted by Crippen LogP contribution is 2.39. The number of hydrogen-bond donors (Lipinski definition) is 2. The number of aromatic nitrogens is 2. The number of nitrogens with zero attached hydrogens (tertiary/aromatic N) is 4. The van der Waals surface area contributed by atoms with Crippen LogP contribution in [-0.2, 0) is 36.8 Å². The Morgan fingerprint density at radius 3 is 2.41 bits per heavy atom. The molecule has 0 radical (unpaired) electrons. The predicted octanol–water partition coefficient (Wildman–Crippen LogP) is 1.92. The molecule has 5 rings (SSSR count). The number of anilines is 1. The van der Waals surface area contributed by atoms with Crippen LogP contribution in [0.15, 0.2) is 67.1 Å². The standard InChI is InChI=1S/C32H38N6O6/c1-43-26-11-8-23(9-12-26)18-27(35-28(39)13-10-24-19-33-21-34-24)30(41)36-16-14-32(15-17-36)31(42)37(20-29(40)44-2)22-38(32)25-6-4-3-5-7-25/h3-9,11-12,19,21,27H,10,13-18,20,22H2,1-2H3,(H,33,34)(H,35,39). The Balaban J connectivity index is 1.32. The number of hydrogen-bond acceptors (Lipinski definition) is 8. The van der Waals surface area contributed by atoms with Gasteiger partial charge in [0.15, 0.2) is 0 Å². The van der Waals surface area contributed by atoms with Crippen molar-refractivity contribution in [2.45, 2.75) is 43.7 Å². The van der Waals surface area contributed by atoms with Crippen LogP contribution in [0.4, 0.5) is 5.69 Å². The Morgan fingerprint density at radius 1 is 1.05 bits per heavy atom. The first-order chi connectivity index (χ1) is 21.3. The number of methoxy groups -OCH3 is 2. The number of nitrogens with one attached hydrogen (secondary N) is 2. The number of aromatic amines is 1. The first-order valence-electron chi connectivity index (χ1n) is 14.7. The molecule has 0 saturated carbocycles. The van der Waals surface area contributed by atoms with Gasteiger partial charge in [-0.05, 0) is 49.1 Å². The summed E-state index contributed by atoms with van der Waals surface area (Å²) in [5, 5.41) is 2.96. The number of likely N-dealkylation sites (tertiary alicyclic amines) is 1. The van der Waals surface area contributed by atoms with Crippen molar-refractivity contribution in [2.75, 3.05) is 45.4 Å². The summed E-state index contributed by atoms with van der Waals surface area (Å²) in [5.74, 6) is -0.373. The van der Waals surface area contributed by atoms with E-state index in [9.17, 15) is 19.2 Å². The molecule has 0 aliphatic carbocycles. The van der Waals surface area contributed by atoms with E-state index in [1.807, 2.05) is 59.5 Å². The second-order valence-electron chi connectivity index (χ2n) is 11.1. The van der Waals surface area contributed by atoms with E-state index in [4.69, 9.17) is 9.47 Å². The number of aryl methyl sites for hydroxylation is 1. The largest absolute Gasteiger partial charge is 0.497 e. The molecule has 2 fully saturated rings. The van der Waals surface area contributed by atoms with Crippen molar-refractivity contribution in [2.24, 2.45) is 0 Å². The zero-order chi connectivity index (χ0) is 31.1. The molecule has 2 aliphatic heterocycles. The van der Waals surface area contributed by atoms with Crippen LogP contribution >= 0.6 is 0 Å². The first kappa shape index (κ1) is 30.6. The average Bonchev–Trinajstić information content (AvgIpc) is 3.67. The quantitative estimate of drug-likeness (QED) is 0.318. The van der Waals surface area contributed by atoms with Crippen molar-refractivity contribution < 1.29 is 28.7 Å². The average molecular weight is 603 g/mol. The zero-order valence-electron chi connectivity index (χ0n) is 25.0. The Labute approximate surface area is 256 Å². The summed E-state index contributed by atoms with van der Waals surface area (Å²) in [4.78, 5) is 65.2. The number of piperidine rings is 1. The lowest BCUT2D eigenvalue weighted by molar-refractivity contribution is -0.147. The van der Waals surface area contributed by atoms with Gasteiger partial charge in [-0.3, -0.25) is 19.2 Å². The fourth-order valence-corrected chi connectivity index (χ4v) is 5.99. The normalized spacial score (nSPS) is 16.6. The molecule has 0 bridgehead atoms. The molecule has 3 heterocycles. The zero-order valence-corrected chi connectivity index (χ0v) is 25.0. The van der Waals surface area contributed by atoms with Crippen molar-refractivity contribution in [3.63, 3.8) is 0 Å². The number of esters is 1. The van der Waals surface area contributed by atoms with Crippen molar-refractivity contribution in [1.29, 1.82) is 0 Å². The Hall–Kier alpha value is -4.87. The molecule has 2 N–H and O–H groups in total. The molecule has 12 heteroatoms. The van der Waals surface area contributed by atoms with Gasteiger partial charge in [0.2, 0.25) is 11.8 Å². The second-order valence-corrected chi connectivity index (χ2v) is 11.1. The molecular formula is C32H38N6O6. The highest BCUT2D eigenvalue weighted by molar-refractivity contribution is 5.96. The molecule has 2 aliphatic rings. The molecule has 44 heavy (non-hydrogen) atoms. The van der Waals surface area contributed by atoms with E-state index >= 15 is 0 Å². The van der Waals surface area contributed by atoms with Crippen LogP contribution in [0.2, 0.25) is 0 Å². The van der Waals surface area contributed by atoms with Gasteiger partial charge >= 0.3 is 5.97 Å². The number of rotatable bonds is 11. The number of benzene rings is 2. The first-order valence-corrected chi connectivity index (χ1v) is 14.7. The molecule has 1 aromatic heterocycles. The summed E-state index contributed by atoms with van der Waals surface area (Å²) < 4.78 is 10.1. The SMILES string of the molecule is COC(=O)CN1CN(c2ccccc2)C2(CCN(C(=O)C(Cc3ccc(OC)cc3)NC(=O)CCc3cnc[nH]3)CC2)C1=O. The molecule has 1 spiro atoms. The van der Waals surface area contributed by atoms with Gasteiger partial charge in [-0.25, -0.2) is 4.98 Å². The Kier molecular flexibility index (Phi) is 9.47.